The number of benzene rings is 1. The molecular weight excluding hydrogens is 266 g/mol. The third-order valence-corrected chi connectivity index (χ3v) is 3.96. The average Bonchev–Trinajstić information content (AvgIpc) is 2.36. The van der Waals surface area contributed by atoms with Crippen molar-refractivity contribution < 1.29 is 13.2 Å². The Hall–Kier alpha value is -1.60. The highest BCUT2D eigenvalue weighted by Crippen LogP contribution is 2.16. The number of sulfonamides is 1. The number of carbonyl (C=O) groups excluding carboxylic acids is 1. The Balaban J connectivity index is 2.53. The summed E-state index contributed by atoms with van der Waals surface area (Å²) in [7, 11) is -3.66. The number of para-hydroxylation sites is 1. The summed E-state index contributed by atoms with van der Waals surface area (Å²) in [5.41, 5.74) is 5.79. The lowest BCUT2D eigenvalue weighted by Gasteiger charge is -2.08. The molecule has 1 aromatic rings. The van der Waals surface area contributed by atoms with Gasteiger partial charge < -0.3 is 11.1 Å². The van der Waals surface area contributed by atoms with E-state index in [-0.39, 0.29) is 29.5 Å². The lowest BCUT2D eigenvalue weighted by atomic mass is 10.3. The summed E-state index contributed by atoms with van der Waals surface area (Å²) in [4.78, 5) is 11.4. The number of nitrogens with two attached hydrogens (primary N) is 1. The fraction of sp³-hybridized carbons (Fsp3) is 0.417. The first-order chi connectivity index (χ1) is 8.97. The monoisotopic (exact) mass is 285 g/mol. The molecule has 0 spiro atoms. The predicted molar refractivity (Wildman–Crippen MR) is 74.0 cm³/mol. The molecule has 0 aliphatic rings. The van der Waals surface area contributed by atoms with Gasteiger partial charge in [0.15, 0.2) is 0 Å². The highest BCUT2D eigenvalue weighted by atomic mass is 32.2. The molecule has 0 saturated heterocycles. The number of carbonyl (C=O) groups is 1. The van der Waals surface area contributed by atoms with Crippen LogP contribution >= 0.6 is 0 Å². The van der Waals surface area contributed by atoms with Crippen molar-refractivity contribution in [3.8, 4) is 0 Å². The summed E-state index contributed by atoms with van der Waals surface area (Å²) in [6.45, 7) is 2.59. The van der Waals surface area contributed by atoms with Crippen LogP contribution in [0.1, 0.15) is 19.8 Å². The standard InChI is InChI=1S/C12H19N3O3S/c1-2-8-14-12(16)7-9-15-19(17,18)11-6-4-3-5-10(11)13/h3-6,15H,2,7-9,13H2,1H3,(H,14,16). The molecule has 7 heteroatoms. The van der Waals surface area contributed by atoms with E-state index >= 15 is 0 Å². The van der Waals surface area contributed by atoms with Crippen LogP contribution in [-0.4, -0.2) is 27.4 Å². The largest absolute Gasteiger partial charge is 0.398 e. The van der Waals surface area contributed by atoms with Crippen molar-refractivity contribution >= 4 is 21.6 Å². The van der Waals surface area contributed by atoms with Gasteiger partial charge in [-0.1, -0.05) is 19.1 Å². The Kier molecular flexibility index (Phi) is 5.78. The van der Waals surface area contributed by atoms with Gasteiger partial charge in [-0.15, -0.1) is 0 Å². The molecule has 1 aromatic carbocycles. The maximum Gasteiger partial charge on any atom is 0.242 e. The molecule has 0 aromatic heterocycles. The van der Waals surface area contributed by atoms with Gasteiger partial charge in [-0.2, -0.15) is 0 Å². The number of amides is 1. The van der Waals surface area contributed by atoms with Crippen LogP contribution in [0, 0.1) is 0 Å². The van der Waals surface area contributed by atoms with Crippen molar-refractivity contribution in [1.29, 1.82) is 0 Å². The van der Waals surface area contributed by atoms with Crippen molar-refractivity contribution in [2.45, 2.75) is 24.7 Å². The van der Waals surface area contributed by atoms with Crippen molar-refractivity contribution in [2.75, 3.05) is 18.8 Å². The lowest BCUT2D eigenvalue weighted by Crippen LogP contribution is -2.31. The molecule has 1 amide bonds. The Morgan fingerprint density at radius 3 is 2.58 bits per heavy atom. The van der Waals surface area contributed by atoms with Gasteiger partial charge in [0, 0.05) is 19.5 Å². The van der Waals surface area contributed by atoms with Crippen LogP contribution in [0.2, 0.25) is 0 Å². The van der Waals surface area contributed by atoms with Crippen molar-refractivity contribution in [2.24, 2.45) is 0 Å². The molecule has 106 valence electrons. The summed E-state index contributed by atoms with van der Waals surface area (Å²) in [6.07, 6.45) is 0.948. The number of rotatable bonds is 7. The van der Waals surface area contributed by atoms with Crippen LogP contribution in [-0.2, 0) is 14.8 Å². The Morgan fingerprint density at radius 2 is 1.95 bits per heavy atom. The topological polar surface area (TPSA) is 101 Å². The maximum atomic E-state index is 11.9. The molecule has 0 unspecified atom stereocenters. The van der Waals surface area contributed by atoms with E-state index in [4.69, 9.17) is 5.73 Å². The minimum atomic E-state index is -3.66. The van der Waals surface area contributed by atoms with E-state index in [2.05, 4.69) is 10.0 Å². The minimum absolute atomic E-state index is 0.0315. The van der Waals surface area contributed by atoms with E-state index in [0.29, 0.717) is 6.54 Å². The van der Waals surface area contributed by atoms with Gasteiger partial charge in [-0.05, 0) is 18.6 Å². The number of nitrogens with one attached hydrogen (secondary N) is 2. The first kappa shape index (κ1) is 15.5. The van der Waals surface area contributed by atoms with E-state index in [1.807, 2.05) is 6.92 Å². The smallest absolute Gasteiger partial charge is 0.242 e. The summed E-state index contributed by atoms with van der Waals surface area (Å²) >= 11 is 0. The third kappa shape index (κ3) is 4.88. The number of nitrogen functional groups attached to an aromatic ring is 1. The fourth-order valence-electron chi connectivity index (χ4n) is 1.45. The summed E-state index contributed by atoms with van der Waals surface area (Å²) in [5.74, 6) is -0.175. The SMILES string of the molecule is CCCNC(=O)CCNS(=O)(=O)c1ccccc1N. The average molecular weight is 285 g/mol. The van der Waals surface area contributed by atoms with Gasteiger partial charge >= 0.3 is 0 Å². The predicted octanol–water partition coefficient (Wildman–Crippen LogP) is 0.463. The number of hydrogen-bond acceptors (Lipinski definition) is 4. The van der Waals surface area contributed by atoms with Crippen molar-refractivity contribution in [3.05, 3.63) is 24.3 Å². The molecule has 1 rings (SSSR count). The Morgan fingerprint density at radius 1 is 1.26 bits per heavy atom. The molecule has 6 nitrogen and oxygen atoms in total. The van der Waals surface area contributed by atoms with Crippen LogP contribution < -0.4 is 15.8 Å². The second-order valence-corrected chi connectivity index (χ2v) is 5.77. The first-order valence-electron chi connectivity index (χ1n) is 6.08. The van der Waals surface area contributed by atoms with Crippen molar-refractivity contribution in [3.63, 3.8) is 0 Å². The highest BCUT2D eigenvalue weighted by Gasteiger charge is 2.16. The number of anilines is 1. The molecule has 0 aliphatic carbocycles. The van der Waals surface area contributed by atoms with E-state index in [0.717, 1.165) is 6.42 Å². The van der Waals surface area contributed by atoms with Crippen LogP contribution in [0.25, 0.3) is 0 Å². The summed E-state index contributed by atoms with van der Waals surface area (Å²) in [5, 5.41) is 2.67. The van der Waals surface area contributed by atoms with Crippen LogP contribution in [0.5, 0.6) is 0 Å². The maximum absolute atomic E-state index is 11.9. The van der Waals surface area contributed by atoms with Crippen LogP contribution in [0.4, 0.5) is 5.69 Å². The van der Waals surface area contributed by atoms with E-state index in [1.54, 1.807) is 12.1 Å². The van der Waals surface area contributed by atoms with Gasteiger partial charge in [-0.25, -0.2) is 13.1 Å². The zero-order chi connectivity index (χ0) is 14.3. The quantitative estimate of drug-likeness (QED) is 0.634. The third-order valence-electron chi connectivity index (χ3n) is 2.42. The van der Waals surface area contributed by atoms with E-state index in [9.17, 15) is 13.2 Å². The zero-order valence-corrected chi connectivity index (χ0v) is 11.7. The number of hydrogen-bond donors (Lipinski definition) is 3. The summed E-state index contributed by atoms with van der Waals surface area (Å²) in [6, 6.07) is 6.20. The fourth-order valence-corrected chi connectivity index (χ4v) is 2.62. The second-order valence-electron chi connectivity index (χ2n) is 4.04. The Labute approximate surface area is 113 Å². The van der Waals surface area contributed by atoms with Gasteiger partial charge in [0.1, 0.15) is 4.90 Å². The molecular formula is C12H19N3O3S. The van der Waals surface area contributed by atoms with Crippen LogP contribution in [0.15, 0.2) is 29.2 Å². The molecule has 0 fully saturated rings. The highest BCUT2D eigenvalue weighted by molar-refractivity contribution is 7.89. The normalized spacial score (nSPS) is 11.2. The molecule has 4 N–H and O–H groups in total. The minimum Gasteiger partial charge on any atom is -0.398 e. The molecule has 0 aliphatic heterocycles. The molecule has 0 bridgehead atoms. The lowest BCUT2D eigenvalue weighted by molar-refractivity contribution is -0.120. The molecule has 0 radical (unpaired) electrons. The molecule has 0 atom stereocenters. The Bertz CT molecular complexity index is 529. The summed E-state index contributed by atoms with van der Waals surface area (Å²) < 4.78 is 26.2. The van der Waals surface area contributed by atoms with E-state index < -0.39 is 10.0 Å². The van der Waals surface area contributed by atoms with Gasteiger partial charge in [0.05, 0.1) is 5.69 Å². The van der Waals surface area contributed by atoms with Gasteiger partial charge in [0.2, 0.25) is 15.9 Å². The second kappa shape index (κ2) is 7.10. The van der Waals surface area contributed by atoms with Crippen LogP contribution in [0.3, 0.4) is 0 Å². The van der Waals surface area contributed by atoms with Gasteiger partial charge in [0.25, 0.3) is 0 Å². The van der Waals surface area contributed by atoms with E-state index in [1.165, 1.54) is 12.1 Å². The molecule has 19 heavy (non-hydrogen) atoms. The first-order valence-corrected chi connectivity index (χ1v) is 7.56. The zero-order valence-electron chi connectivity index (χ0n) is 10.8. The molecule has 0 saturated carbocycles. The van der Waals surface area contributed by atoms with Crippen molar-refractivity contribution in [1.82, 2.24) is 10.0 Å². The van der Waals surface area contributed by atoms with Gasteiger partial charge in [-0.3, -0.25) is 4.79 Å². The molecule has 0 heterocycles.